The summed E-state index contributed by atoms with van der Waals surface area (Å²) in [4.78, 5) is 23.4. The normalized spacial score (nSPS) is 14.2. The van der Waals surface area contributed by atoms with Crippen molar-refractivity contribution in [3.63, 3.8) is 0 Å². The molecular formula is C14H12ClNO2. The van der Waals surface area contributed by atoms with Gasteiger partial charge in [-0.25, -0.2) is 0 Å². The summed E-state index contributed by atoms with van der Waals surface area (Å²) in [6.45, 7) is 0. The molecule has 1 aromatic heterocycles. The molecule has 1 aromatic carbocycles. The van der Waals surface area contributed by atoms with E-state index in [1.807, 2.05) is 23.7 Å². The maximum absolute atomic E-state index is 11.8. The quantitative estimate of drug-likeness (QED) is 0.616. The number of carbonyl (C=O) groups is 2. The van der Waals surface area contributed by atoms with Crippen molar-refractivity contribution in [1.29, 1.82) is 0 Å². The highest BCUT2D eigenvalue weighted by atomic mass is 35.5. The molecule has 1 aliphatic rings. The summed E-state index contributed by atoms with van der Waals surface area (Å²) in [5, 5.41) is 1.01. The Bertz CT molecular complexity index is 685. The molecule has 3 nitrogen and oxygen atoms in total. The molecule has 0 saturated heterocycles. The highest BCUT2D eigenvalue weighted by Crippen LogP contribution is 2.32. The minimum Gasteiger partial charge on any atom is -0.341 e. The standard InChI is InChI=1S/C14H12ClNO2/c1-16-11-4-2-8(13(18)7-15)6-10(11)9-3-5-12(17)14(9)16/h2,4,6H,3,5,7H2,1H3. The molecule has 0 aliphatic heterocycles. The fourth-order valence-corrected chi connectivity index (χ4v) is 2.89. The lowest BCUT2D eigenvalue weighted by Crippen LogP contribution is -2.02. The lowest BCUT2D eigenvalue weighted by molar-refractivity contribution is 0.0985. The molecule has 0 N–H and O–H groups in total. The molecule has 0 fully saturated rings. The minimum absolute atomic E-state index is 0.0144. The Morgan fingerprint density at radius 2 is 2.17 bits per heavy atom. The van der Waals surface area contributed by atoms with Crippen molar-refractivity contribution >= 4 is 34.1 Å². The Labute approximate surface area is 109 Å². The van der Waals surface area contributed by atoms with E-state index in [9.17, 15) is 9.59 Å². The molecule has 1 aliphatic carbocycles. The van der Waals surface area contributed by atoms with Crippen LogP contribution in [-0.4, -0.2) is 22.0 Å². The van der Waals surface area contributed by atoms with Gasteiger partial charge in [-0.3, -0.25) is 9.59 Å². The van der Waals surface area contributed by atoms with Gasteiger partial charge >= 0.3 is 0 Å². The Kier molecular flexibility index (Phi) is 2.52. The first kappa shape index (κ1) is 11.5. The van der Waals surface area contributed by atoms with Crippen LogP contribution in [0.2, 0.25) is 0 Å². The zero-order valence-corrected chi connectivity index (χ0v) is 10.8. The van der Waals surface area contributed by atoms with Crippen molar-refractivity contribution in [3.05, 3.63) is 35.0 Å². The van der Waals surface area contributed by atoms with Crippen molar-refractivity contribution in [1.82, 2.24) is 4.57 Å². The molecule has 0 unspecified atom stereocenters. The third kappa shape index (κ3) is 1.44. The van der Waals surface area contributed by atoms with Gasteiger partial charge in [0.2, 0.25) is 0 Å². The highest BCUT2D eigenvalue weighted by Gasteiger charge is 2.26. The van der Waals surface area contributed by atoms with Gasteiger partial charge < -0.3 is 4.57 Å². The smallest absolute Gasteiger partial charge is 0.179 e. The number of fused-ring (bicyclic) bond motifs is 3. The number of nitrogens with zero attached hydrogens (tertiary/aromatic N) is 1. The Balaban J connectivity index is 2.29. The van der Waals surface area contributed by atoms with Crippen LogP contribution in [0.5, 0.6) is 0 Å². The first-order valence-corrected chi connectivity index (χ1v) is 6.40. The molecule has 2 aromatic rings. The molecule has 0 amide bonds. The largest absolute Gasteiger partial charge is 0.341 e. The van der Waals surface area contributed by atoms with Gasteiger partial charge in [-0.05, 0) is 30.2 Å². The lowest BCUT2D eigenvalue weighted by atomic mass is 10.1. The average Bonchev–Trinajstić information content (AvgIpc) is 2.89. The second-order valence-electron chi connectivity index (χ2n) is 4.60. The van der Waals surface area contributed by atoms with E-state index in [2.05, 4.69) is 0 Å². The fourth-order valence-electron chi connectivity index (χ4n) is 2.74. The number of hydrogen-bond donors (Lipinski definition) is 0. The van der Waals surface area contributed by atoms with Gasteiger partial charge in [0.15, 0.2) is 11.6 Å². The predicted molar refractivity (Wildman–Crippen MR) is 70.6 cm³/mol. The van der Waals surface area contributed by atoms with E-state index >= 15 is 0 Å². The number of aryl methyl sites for hydroxylation is 2. The Hall–Kier alpha value is -1.61. The lowest BCUT2D eigenvalue weighted by Gasteiger charge is -2.02. The minimum atomic E-state index is -0.0829. The van der Waals surface area contributed by atoms with Crippen LogP contribution in [0.25, 0.3) is 10.9 Å². The van der Waals surface area contributed by atoms with E-state index in [-0.39, 0.29) is 17.4 Å². The summed E-state index contributed by atoms with van der Waals surface area (Å²) < 4.78 is 1.93. The fraction of sp³-hybridized carbons (Fsp3) is 0.286. The van der Waals surface area contributed by atoms with Crippen LogP contribution in [0.1, 0.15) is 32.8 Å². The highest BCUT2D eigenvalue weighted by molar-refractivity contribution is 6.30. The monoisotopic (exact) mass is 261 g/mol. The van der Waals surface area contributed by atoms with E-state index in [0.29, 0.717) is 12.0 Å². The summed E-state index contributed by atoms with van der Waals surface area (Å²) in [5.74, 6) is 0.0915. The molecule has 0 spiro atoms. The number of carbonyl (C=O) groups excluding carboxylic acids is 2. The van der Waals surface area contributed by atoms with Crippen LogP contribution < -0.4 is 0 Å². The third-order valence-corrected chi connectivity index (χ3v) is 3.86. The van der Waals surface area contributed by atoms with E-state index in [0.717, 1.165) is 28.6 Å². The number of Topliss-reactive ketones (excluding diaryl/α,β-unsaturated/α-hetero) is 2. The number of halogens is 1. The zero-order valence-electron chi connectivity index (χ0n) is 10.00. The zero-order chi connectivity index (χ0) is 12.9. The van der Waals surface area contributed by atoms with Gasteiger partial charge in [-0.2, -0.15) is 0 Å². The van der Waals surface area contributed by atoms with Crippen molar-refractivity contribution in [2.75, 3.05) is 5.88 Å². The van der Waals surface area contributed by atoms with Crippen molar-refractivity contribution < 1.29 is 9.59 Å². The van der Waals surface area contributed by atoms with Crippen LogP contribution in [0, 0.1) is 0 Å². The molecule has 0 atom stereocenters. The van der Waals surface area contributed by atoms with Gasteiger partial charge in [-0.15, -0.1) is 11.6 Å². The van der Waals surface area contributed by atoms with Gasteiger partial charge in [0.1, 0.15) is 0 Å². The van der Waals surface area contributed by atoms with Crippen molar-refractivity contribution in [2.45, 2.75) is 12.8 Å². The first-order valence-electron chi connectivity index (χ1n) is 5.87. The summed E-state index contributed by atoms with van der Waals surface area (Å²) >= 11 is 5.57. The number of ketones is 2. The molecule has 0 bridgehead atoms. The Morgan fingerprint density at radius 1 is 1.39 bits per heavy atom. The summed E-state index contributed by atoms with van der Waals surface area (Å²) in [7, 11) is 1.90. The van der Waals surface area contributed by atoms with E-state index < -0.39 is 0 Å². The van der Waals surface area contributed by atoms with Crippen LogP contribution in [0.15, 0.2) is 18.2 Å². The molecule has 1 heterocycles. The van der Waals surface area contributed by atoms with Crippen LogP contribution in [-0.2, 0) is 13.5 Å². The molecule has 0 saturated carbocycles. The van der Waals surface area contributed by atoms with Crippen LogP contribution in [0.3, 0.4) is 0 Å². The average molecular weight is 262 g/mol. The second kappa shape index (κ2) is 3.95. The summed E-state index contributed by atoms with van der Waals surface area (Å²) in [6.07, 6.45) is 1.34. The van der Waals surface area contributed by atoms with Gasteiger partial charge in [0.25, 0.3) is 0 Å². The number of alkyl halides is 1. The van der Waals surface area contributed by atoms with Gasteiger partial charge in [-0.1, -0.05) is 0 Å². The number of hydrogen-bond acceptors (Lipinski definition) is 2. The van der Waals surface area contributed by atoms with Crippen LogP contribution in [0.4, 0.5) is 0 Å². The second-order valence-corrected chi connectivity index (χ2v) is 4.87. The summed E-state index contributed by atoms with van der Waals surface area (Å²) in [5.41, 5.74) is 3.48. The molecule has 18 heavy (non-hydrogen) atoms. The van der Waals surface area contributed by atoms with Gasteiger partial charge in [0, 0.05) is 29.9 Å². The maximum atomic E-state index is 11.8. The number of aromatic nitrogens is 1. The van der Waals surface area contributed by atoms with Gasteiger partial charge in [0.05, 0.1) is 11.6 Å². The predicted octanol–water partition coefficient (Wildman–Crippen LogP) is 2.73. The van der Waals surface area contributed by atoms with E-state index in [4.69, 9.17) is 11.6 Å². The summed E-state index contributed by atoms with van der Waals surface area (Å²) in [6, 6.07) is 5.52. The topological polar surface area (TPSA) is 39.1 Å². The number of rotatable bonds is 2. The Morgan fingerprint density at radius 3 is 2.89 bits per heavy atom. The van der Waals surface area contributed by atoms with Crippen LogP contribution >= 0.6 is 11.6 Å². The maximum Gasteiger partial charge on any atom is 0.179 e. The molecule has 0 radical (unpaired) electrons. The van der Waals surface area contributed by atoms with E-state index in [1.54, 1.807) is 6.07 Å². The molecular weight excluding hydrogens is 250 g/mol. The van der Waals surface area contributed by atoms with E-state index in [1.165, 1.54) is 0 Å². The first-order chi connectivity index (χ1) is 8.63. The SMILES string of the molecule is Cn1c2c(c3cc(C(=O)CCl)ccc31)CCC2=O. The molecule has 92 valence electrons. The van der Waals surface area contributed by atoms with Crippen molar-refractivity contribution in [2.24, 2.45) is 7.05 Å². The molecule has 3 rings (SSSR count). The molecule has 4 heteroatoms. The number of benzene rings is 1. The third-order valence-electron chi connectivity index (χ3n) is 3.61. The van der Waals surface area contributed by atoms with Crippen molar-refractivity contribution in [3.8, 4) is 0 Å².